The predicted molar refractivity (Wildman–Crippen MR) is 93.8 cm³/mol. The maximum atomic E-state index is 6.07. The van der Waals surface area contributed by atoms with Gasteiger partial charge >= 0.3 is 0 Å². The van der Waals surface area contributed by atoms with E-state index >= 15 is 0 Å². The molecule has 0 saturated heterocycles. The van der Waals surface area contributed by atoms with Gasteiger partial charge in [-0.3, -0.25) is 0 Å². The van der Waals surface area contributed by atoms with Crippen LogP contribution in [0.15, 0.2) is 72.8 Å². The van der Waals surface area contributed by atoms with Gasteiger partial charge in [-0.2, -0.15) is 0 Å². The third kappa shape index (κ3) is 3.29. The first kappa shape index (κ1) is 14.2. The smallest absolute Gasteiger partial charge is 0.0349 e. The molecule has 0 heterocycles. The Kier molecular flexibility index (Phi) is 4.10. The Labute approximate surface area is 131 Å². The van der Waals surface area contributed by atoms with E-state index in [4.69, 9.17) is 11.5 Å². The van der Waals surface area contributed by atoms with Gasteiger partial charge in [-0.1, -0.05) is 54.6 Å². The fourth-order valence-corrected chi connectivity index (χ4v) is 2.73. The third-order valence-electron chi connectivity index (χ3n) is 3.90. The number of benzene rings is 3. The summed E-state index contributed by atoms with van der Waals surface area (Å²) >= 11 is 0. The average Bonchev–Trinajstić information content (AvgIpc) is 2.51. The Morgan fingerprint density at radius 3 is 1.91 bits per heavy atom. The zero-order valence-corrected chi connectivity index (χ0v) is 12.5. The van der Waals surface area contributed by atoms with Crippen molar-refractivity contribution in [1.29, 1.82) is 0 Å². The largest absolute Gasteiger partial charge is 0.399 e. The molecule has 0 radical (unpaired) electrons. The van der Waals surface area contributed by atoms with Crippen LogP contribution in [0.25, 0.3) is 0 Å². The first-order chi connectivity index (χ1) is 10.7. The minimum absolute atomic E-state index is 0.808. The van der Waals surface area contributed by atoms with E-state index < -0.39 is 0 Å². The summed E-state index contributed by atoms with van der Waals surface area (Å²) in [5.41, 5.74) is 18.6. The van der Waals surface area contributed by atoms with Crippen molar-refractivity contribution < 1.29 is 0 Å². The van der Waals surface area contributed by atoms with E-state index in [9.17, 15) is 0 Å². The number of rotatable bonds is 4. The van der Waals surface area contributed by atoms with Crippen LogP contribution in [0.3, 0.4) is 0 Å². The maximum Gasteiger partial charge on any atom is 0.0349 e. The molecule has 0 aliphatic carbocycles. The van der Waals surface area contributed by atoms with Gasteiger partial charge < -0.3 is 11.5 Å². The minimum atomic E-state index is 0.808. The number of hydrogen-bond donors (Lipinski definition) is 2. The summed E-state index contributed by atoms with van der Waals surface area (Å²) in [4.78, 5) is 0. The molecule has 0 bridgehead atoms. The van der Waals surface area contributed by atoms with E-state index in [-0.39, 0.29) is 0 Å². The van der Waals surface area contributed by atoms with Crippen molar-refractivity contribution in [3.8, 4) is 0 Å². The lowest BCUT2D eigenvalue weighted by Crippen LogP contribution is -2.00. The molecule has 0 aliphatic heterocycles. The Bertz CT molecular complexity index is 778. The maximum absolute atomic E-state index is 6.07. The monoisotopic (exact) mass is 288 g/mol. The second-order valence-electron chi connectivity index (χ2n) is 5.57. The van der Waals surface area contributed by atoms with Gasteiger partial charge in [0, 0.05) is 11.4 Å². The van der Waals surface area contributed by atoms with Crippen molar-refractivity contribution in [1.82, 2.24) is 0 Å². The second kappa shape index (κ2) is 6.35. The molecule has 0 aliphatic rings. The second-order valence-corrected chi connectivity index (χ2v) is 5.57. The van der Waals surface area contributed by atoms with Crippen LogP contribution in [0.2, 0.25) is 0 Å². The quantitative estimate of drug-likeness (QED) is 0.712. The molecular formula is C20H20N2. The summed E-state index contributed by atoms with van der Waals surface area (Å²) in [6.07, 6.45) is 1.74. The van der Waals surface area contributed by atoms with Crippen molar-refractivity contribution in [2.75, 3.05) is 11.5 Å². The molecule has 0 aromatic heterocycles. The van der Waals surface area contributed by atoms with E-state index in [2.05, 4.69) is 36.4 Å². The topological polar surface area (TPSA) is 52.0 Å². The molecule has 2 heteroatoms. The number of para-hydroxylation sites is 1. The number of nitrogens with two attached hydrogens (primary N) is 2. The molecule has 0 fully saturated rings. The summed E-state index contributed by atoms with van der Waals surface area (Å²) < 4.78 is 0. The molecular weight excluding hydrogens is 268 g/mol. The van der Waals surface area contributed by atoms with Gasteiger partial charge in [-0.05, 0) is 53.3 Å². The first-order valence-electron chi connectivity index (χ1n) is 7.47. The van der Waals surface area contributed by atoms with Gasteiger partial charge in [-0.25, -0.2) is 0 Å². The van der Waals surface area contributed by atoms with Crippen molar-refractivity contribution in [3.05, 3.63) is 95.1 Å². The minimum Gasteiger partial charge on any atom is -0.399 e. The molecule has 2 nitrogen and oxygen atoms in total. The molecule has 0 amide bonds. The molecule has 0 unspecified atom stereocenters. The molecule has 3 rings (SSSR count). The van der Waals surface area contributed by atoms with Crippen molar-refractivity contribution in [3.63, 3.8) is 0 Å². The van der Waals surface area contributed by atoms with E-state index in [0.29, 0.717) is 0 Å². The zero-order valence-electron chi connectivity index (χ0n) is 12.5. The lowest BCUT2D eigenvalue weighted by Gasteiger charge is -2.11. The van der Waals surface area contributed by atoms with Crippen molar-refractivity contribution in [2.45, 2.75) is 12.8 Å². The van der Waals surface area contributed by atoms with Gasteiger partial charge in [0.25, 0.3) is 0 Å². The fourth-order valence-electron chi connectivity index (χ4n) is 2.73. The van der Waals surface area contributed by atoms with Crippen molar-refractivity contribution >= 4 is 11.4 Å². The van der Waals surface area contributed by atoms with E-state index in [1.165, 1.54) is 22.3 Å². The highest BCUT2D eigenvalue weighted by Crippen LogP contribution is 2.21. The number of nitrogen functional groups attached to an aromatic ring is 2. The lowest BCUT2D eigenvalue weighted by atomic mass is 9.94. The first-order valence-corrected chi connectivity index (χ1v) is 7.47. The average molecular weight is 288 g/mol. The third-order valence-corrected chi connectivity index (χ3v) is 3.90. The van der Waals surface area contributed by atoms with Crippen LogP contribution >= 0.6 is 0 Å². The Morgan fingerprint density at radius 2 is 1.23 bits per heavy atom. The van der Waals surface area contributed by atoms with E-state index in [1.54, 1.807) is 0 Å². The van der Waals surface area contributed by atoms with Crippen LogP contribution in [0, 0.1) is 0 Å². The number of hydrogen-bond acceptors (Lipinski definition) is 2. The summed E-state index contributed by atoms with van der Waals surface area (Å²) in [5, 5.41) is 0. The normalized spacial score (nSPS) is 10.5. The summed E-state index contributed by atoms with van der Waals surface area (Å²) in [5.74, 6) is 0. The standard InChI is InChI=1S/C20H20N2/c21-19-10-5-6-15(13-19)12-16-7-1-2-8-17(16)14-18-9-3-4-11-20(18)22/h1-11,13H,12,14,21-22H2. The molecule has 3 aromatic rings. The Morgan fingerprint density at radius 1 is 0.591 bits per heavy atom. The molecule has 4 N–H and O–H groups in total. The number of anilines is 2. The van der Waals surface area contributed by atoms with E-state index in [0.717, 1.165) is 24.2 Å². The van der Waals surface area contributed by atoms with Gasteiger partial charge in [-0.15, -0.1) is 0 Å². The highest BCUT2D eigenvalue weighted by Gasteiger charge is 2.06. The van der Waals surface area contributed by atoms with Gasteiger partial charge in [0.1, 0.15) is 0 Å². The van der Waals surface area contributed by atoms with Crippen LogP contribution in [-0.2, 0) is 12.8 Å². The fraction of sp³-hybridized carbons (Fsp3) is 0.100. The van der Waals surface area contributed by atoms with Gasteiger partial charge in [0.15, 0.2) is 0 Å². The Balaban J connectivity index is 1.88. The van der Waals surface area contributed by atoms with Crippen LogP contribution < -0.4 is 11.5 Å². The molecule has 3 aromatic carbocycles. The molecule has 22 heavy (non-hydrogen) atoms. The summed E-state index contributed by atoms with van der Waals surface area (Å²) in [6, 6.07) is 24.6. The molecule has 110 valence electrons. The van der Waals surface area contributed by atoms with Crippen molar-refractivity contribution in [2.24, 2.45) is 0 Å². The van der Waals surface area contributed by atoms with Crippen LogP contribution in [0.4, 0.5) is 11.4 Å². The SMILES string of the molecule is Nc1cccc(Cc2ccccc2Cc2ccccc2N)c1. The van der Waals surface area contributed by atoms with Crippen LogP contribution in [0.5, 0.6) is 0 Å². The van der Waals surface area contributed by atoms with Gasteiger partial charge in [0.2, 0.25) is 0 Å². The molecule has 0 saturated carbocycles. The summed E-state index contributed by atoms with van der Waals surface area (Å²) in [6.45, 7) is 0. The predicted octanol–water partition coefficient (Wildman–Crippen LogP) is 4.03. The van der Waals surface area contributed by atoms with E-state index in [1.807, 2.05) is 36.4 Å². The molecule has 0 atom stereocenters. The summed E-state index contributed by atoms with van der Waals surface area (Å²) in [7, 11) is 0. The highest BCUT2D eigenvalue weighted by molar-refractivity contribution is 5.50. The zero-order chi connectivity index (χ0) is 15.4. The lowest BCUT2D eigenvalue weighted by molar-refractivity contribution is 1.09. The van der Waals surface area contributed by atoms with Crippen LogP contribution in [0.1, 0.15) is 22.3 Å². The Hall–Kier alpha value is -2.74. The highest BCUT2D eigenvalue weighted by atomic mass is 14.6. The van der Waals surface area contributed by atoms with Gasteiger partial charge in [0.05, 0.1) is 0 Å². The van der Waals surface area contributed by atoms with Crippen LogP contribution in [-0.4, -0.2) is 0 Å². The molecule has 0 spiro atoms.